The van der Waals surface area contributed by atoms with Crippen molar-refractivity contribution in [3.05, 3.63) is 35.6 Å². The van der Waals surface area contributed by atoms with E-state index in [9.17, 15) is 14.0 Å². The van der Waals surface area contributed by atoms with Gasteiger partial charge >= 0.3 is 0 Å². The van der Waals surface area contributed by atoms with Crippen LogP contribution in [0, 0.1) is 11.7 Å². The van der Waals surface area contributed by atoms with Crippen molar-refractivity contribution in [2.75, 3.05) is 13.1 Å². The Morgan fingerprint density at radius 3 is 2.77 bits per heavy atom. The summed E-state index contributed by atoms with van der Waals surface area (Å²) in [7, 11) is 0. The largest absolute Gasteiger partial charge is 0.355 e. The van der Waals surface area contributed by atoms with E-state index in [1.807, 2.05) is 4.90 Å². The topological polar surface area (TPSA) is 49.4 Å². The molecule has 3 rings (SSSR count). The summed E-state index contributed by atoms with van der Waals surface area (Å²) >= 11 is 0. The van der Waals surface area contributed by atoms with E-state index in [-0.39, 0.29) is 23.5 Å². The van der Waals surface area contributed by atoms with Gasteiger partial charge in [-0.05, 0) is 37.3 Å². The predicted octanol–water partition coefficient (Wildman–Crippen LogP) is 1.89. The smallest absolute Gasteiger partial charge is 0.225 e. The fraction of sp³-hybridized carbons (Fsp3) is 0.529. The minimum absolute atomic E-state index is 0.0912. The van der Waals surface area contributed by atoms with Gasteiger partial charge in [-0.3, -0.25) is 9.59 Å². The molecule has 0 aromatic heterocycles. The Labute approximate surface area is 129 Å². The maximum Gasteiger partial charge on any atom is 0.225 e. The molecule has 1 atom stereocenters. The number of carbonyl (C=O) groups is 2. The van der Waals surface area contributed by atoms with Gasteiger partial charge in [-0.15, -0.1) is 0 Å². The number of rotatable bonds is 5. The number of likely N-dealkylation sites (tertiary alicyclic amines) is 1. The highest BCUT2D eigenvalue weighted by Crippen LogP contribution is 2.30. The number of hydrogen-bond acceptors (Lipinski definition) is 2. The summed E-state index contributed by atoms with van der Waals surface area (Å²) in [6.07, 6.45) is 4.07. The van der Waals surface area contributed by atoms with Crippen LogP contribution in [-0.4, -0.2) is 35.8 Å². The molecule has 2 amide bonds. The molecule has 1 heterocycles. The van der Waals surface area contributed by atoms with Crippen LogP contribution in [0.3, 0.4) is 0 Å². The lowest BCUT2D eigenvalue weighted by Crippen LogP contribution is -2.42. The van der Waals surface area contributed by atoms with Crippen molar-refractivity contribution in [1.29, 1.82) is 0 Å². The van der Waals surface area contributed by atoms with E-state index in [1.165, 1.54) is 12.5 Å². The van der Waals surface area contributed by atoms with Crippen molar-refractivity contribution in [3.63, 3.8) is 0 Å². The quantitative estimate of drug-likeness (QED) is 0.903. The van der Waals surface area contributed by atoms with Gasteiger partial charge in [0.25, 0.3) is 0 Å². The first kappa shape index (κ1) is 15.0. The lowest BCUT2D eigenvalue weighted by atomic mass is 9.92. The van der Waals surface area contributed by atoms with E-state index in [1.54, 1.807) is 18.2 Å². The molecule has 22 heavy (non-hydrogen) atoms. The first-order valence-electron chi connectivity index (χ1n) is 7.95. The van der Waals surface area contributed by atoms with Gasteiger partial charge in [0, 0.05) is 25.6 Å². The molecule has 0 spiro atoms. The van der Waals surface area contributed by atoms with Gasteiger partial charge in [0.15, 0.2) is 0 Å². The highest BCUT2D eigenvalue weighted by molar-refractivity contribution is 5.89. The van der Waals surface area contributed by atoms with E-state index in [0.717, 1.165) is 12.8 Å². The van der Waals surface area contributed by atoms with E-state index >= 15 is 0 Å². The third kappa shape index (κ3) is 3.13. The molecule has 5 heteroatoms. The van der Waals surface area contributed by atoms with Crippen molar-refractivity contribution in [3.8, 4) is 0 Å². The van der Waals surface area contributed by atoms with Gasteiger partial charge in [0.2, 0.25) is 11.8 Å². The first-order chi connectivity index (χ1) is 10.6. The van der Waals surface area contributed by atoms with Crippen molar-refractivity contribution in [1.82, 2.24) is 10.2 Å². The van der Waals surface area contributed by atoms with Gasteiger partial charge in [0.05, 0.1) is 5.92 Å². The standard InChI is InChI=1S/C17H21FN2O2/c18-15-7-2-1-4-12(15)8-9-19-17(22)13-10-16(21)20(11-13)14-5-3-6-14/h1-2,4,7,13-14H,3,5-6,8-11H2,(H,19,22). The molecule has 4 nitrogen and oxygen atoms in total. The molecule has 1 aliphatic heterocycles. The third-order valence-corrected chi connectivity index (χ3v) is 4.70. The second-order valence-corrected chi connectivity index (χ2v) is 6.16. The van der Waals surface area contributed by atoms with Crippen LogP contribution < -0.4 is 5.32 Å². The molecule has 1 saturated heterocycles. The monoisotopic (exact) mass is 304 g/mol. The molecule has 1 saturated carbocycles. The number of carbonyl (C=O) groups excluding carboxylic acids is 2. The van der Waals surface area contributed by atoms with Crippen LogP contribution in [0.5, 0.6) is 0 Å². The lowest BCUT2D eigenvalue weighted by Gasteiger charge is -2.34. The Balaban J connectivity index is 1.46. The minimum Gasteiger partial charge on any atom is -0.355 e. The van der Waals surface area contributed by atoms with Gasteiger partial charge < -0.3 is 10.2 Å². The zero-order valence-corrected chi connectivity index (χ0v) is 12.6. The van der Waals surface area contributed by atoms with Gasteiger partial charge in [-0.1, -0.05) is 18.2 Å². The van der Waals surface area contributed by atoms with E-state index in [4.69, 9.17) is 0 Å². The Morgan fingerprint density at radius 1 is 1.32 bits per heavy atom. The number of nitrogens with one attached hydrogen (secondary N) is 1. The zero-order valence-electron chi connectivity index (χ0n) is 12.6. The molecule has 1 aromatic carbocycles. The average Bonchev–Trinajstić information content (AvgIpc) is 2.81. The molecule has 118 valence electrons. The van der Waals surface area contributed by atoms with Gasteiger partial charge in [-0.25, -0.2) is 4.39 Å². The summed E-state index contributed by atoms with van der Waals surface area (Å²) < 4.78 is 13.5. The summed E-state index contributed by atoms with van der Waals surface area (Å²) in [5.74, 6) is -0.497. The summed E-state index contributed by atoms with van der Waals surface area (Å²) in [5.41, 5.74) is 0.599. The van der Waals surface area contributed by atoms with Crippen molar-refractivity contribution < 1.29 is 14.0 Å². The van der Waals surface area contributed by atoms with E-state index < -0.39 is 0 Å². The molecular weight excluding hydrogens is 283 g/mol. The second kappa shape index (κ2) is 6.46. The van der Waals surface area contributed by atoms with Gasteiger partial charge in [0.1, 0.15) is 5.82 Å². The molecule has 1 aliphatic carbocycles. The van der Waals surface area contributed by atoms with Crippen molar-refractivity contribution >= 4 is 11.8 Å². The van der Waals surface area contributed by atoms with Crippen LogP contribution >= 0.6 is 0 Å². The Morgan fingerprint density at radius 2 is 2.09 bits per heavy atom. The molecule has 1 aromatic rings. The average molecular weight is 304 g/mol. The Bertz CT molecular complexity index is 572. The van der Waals surface area contributed by atoms with Crippen molar-refractivity contribution in [2.24, 2.45) is 5.92 Å². The van der Waals surface area contributed by atoms with Crippen LogP contribution in [0.15, 0.2) is 24.3 Å². The maximum absolute atomic E-state index is 13.5. The predicted molar refractivity (Wildman–Crippen MR) is 80.6 cm³/mol. The summed E-state index contributed by atoms with van der Waals surface area (Å²) in [5, 5.41) is 2.83. The molecular formula is C17H21FN2O2. The molecule has 0 bridgehead atoms. The molecule has 2 fully saturated rings. The van der Waals surface area contributed by atoms with Crippen LogP contribution in [0.4, 0.5) is 4.39 Å². The summed E-state index contributed by atoms with van der Waals surface area (Å²) in [4.78, 5) is 26.0. The number of nitrogens with zero attached hydrogens (tertiary/aromatic N) is 1. The van der Waals surface area contributed by atoms with Crippen LogP contribution in [0.1, 0.15) is 31.2 Å². The highest BCUT2D eigenvalue weighted by Gasteiger charge is 2.39. The van der Waals surface area contributed by atoms with Crippen molar-refractivity contribution in [2.45, 2.75) is 38.1 Å². The number of benzene rings is 1. The third-order valence-electron chi connectivity index (χ3n) is 4.70. The molecule has 2 aliphatic rings. The molecule has 0 radical (unpaired) electrons. The van der Waals surface area contributed by atoms with E-state index in [0.29, 0.717) is 37.5 Å². The second-order valence-electron chi connectivity index (χ2n) is 6.16. The van der Waals surface area contributed by atoms with Gasteiger partial charge in [-0.2, -0.15) is 0 Å². The zero-order chi connectivity index (χ0) is 15.5. The SMILES string of the molecule is O=C(NCCc1ccccc1F)C1CC(=O)N(C2CCC2)C1. The molecule has 1 unspecified atom stereocenters. The summed E-state index contributed by atoms with van der Waals surface area (Å²) in [6, 6.07) is 6.93. The van der Waals surface area contributed by atoms with E-state index in [2.05, 4.69) is 5.32 Å². The fourth-order valence-electron chi connectivity index (χ4n) is 3.12. The Hall–Kier alpha value is -1.91. The summed E-state index contributed by atoms with van der Waals surface area (Å²) in [6.45, 7) is 0.933. The number of hydrogen-bond donors (Lipinski definition) is 1. The molecule has 1 N–H and O–H groups in total. The maximum atomic E-state index is 13.5. The first-order valence-corrected chi connectivity index (χ1v) is 7.95. The number of halogens is 1. The normalized spacial score (nSPS) is 21.8. The van der Waals surface area contributed by atoms with Crippen LogP contribution in [0.2, 0.25) is 0 Å². The highest BCUT2D eigenvalue weighted by atomic mass is 19.1. The number of amides is 2. The Kier molecular flexibility index (Phi) is 4.41. The minimum atomic E-state index is -0.256. The van der Waals surface area contributed by atoms with Crippen LogP contribution in [0.25, 0.3) is 0 Å². The lowest BCUT2D eigenvalue weighted by molar-refractivity contribution is -0.131. The van der Waals surface area contributed by atoms with Crippen LogP contribution in [-0.2, 0) is 16.0 Å². The fourth-order valence-corrected chi connectivity index (χ4v) is 3.12.